The molecule has 8 heteroatoms. The number of ketones is 1. The van der Waals surface area contributed by atoms with Crippen molar-refractivity contribution in [2.24, 2.45) is 4.99 Å². The van der Waals surface area contributed by atoms with Gasteiger partial charge in [0, 0.05) is 5.56 Å². The maximum atomic E-state index is 11.7. The highest BCUT2D eigenvalue weighted by atomic mass is 35.6. The maximum absolute atomic E-state index is 11.7. The standard InChI is InChI=1S/C16H18Cl3NO4/c1-8(2)11-7-12(10(4)21)9(3)6-13(11)24-14(16(17,18)19)20-15(22)23-5/h6-8H,1-5H3/b20-14-. The molecule has 0 N–H and O–H groups in total. The van der Waals surface area contributed by atoms with Crippen LogP contribution in [0, 0.1) is 6.92 Å². The highest BCUT2D eigenvalue weighted by Crippen LogP contribution is 2.34. The Labute approximate surface area is 155 Å². The largest absolute Gasteiger partial charge is 0.451 e. The van der Waals surface area contributed by atoms with Crippen molar-refractivity contribution in [2.45, 2.75) is 37.4 Å². The number of aryl methyl sites for hydroxylation is 1. The highest BCUT2D eigenvalue weighted by Gasteiger charge is 2.33. The molecule has 0 aliphatic heterocycles. The second-order valence-corrected chi connectivity index (χ2v) is 7.68. The molecule has 1 amide bonds. The number of carbonyl (C=O) groups excluding carboxylic acids is 2. The Morgan fingerprint density at radius 2 is 1.79 bits per heavy atom. The number of hydrogen-bond acceptors (Lipinski definition) is 4. The molecule has 0 saturated carbocycles. The van der Waals surface area contributed by atoms with E-state index in [1.807, 2.05) is 13.8 Å². The fraction of sp³-hybridized carbons (Fsp3) is 0.438. The van der Waals surface area contributed by atoms with E-state index in [-0.39, 0.29) is 11.7 Å². The Balaban J connectivity index is 3.43. The molecule has 0 aromatic heterocycles. The summed E-state index contributed by atoms with van der Waals surface area (Å²) < 4.78 is 7.98. The van der Waals surface area contributed by atoms with E-state index in [0.29, 0.717) is 16.9 Å². The van der Waals surface area contributed by atoms with Crippen LogP contribution >= 0.6 is 34.8 Å². The quantitative estimate of drug-likeness (QED) is 0.304. The summed E-state index contributed by atoms with van der Waals surface area (Å²) in [6, 6.07) is 3.38. The summed E-state index contributed by atoms with van der Waals surface area (Å²) in [7, 11) is 1.15. The number of amides is 1. The molecule has 0 atom stereocenters. The van der Waals surface area contributed by atoms with Gasteiger partial charge in [0.1, 0.15) is 5.75 Å². The van der Waals surface area contributed by atoms with Gasteiger partial charge in [-0.2, -0.15) is 0 Å². The average Bonchev–Trinajstić information content (AvgIpc) is 2.44. The van der Waals surface area contributed by atoms with Gasteiger partial charge in [-0.15, -0.1) is 4.99 Å². The van der Waals surface area contributed by atoms with Gasteiger partial charge in [-0.3, -0.25) is 4.79 Å². The molecule has 0 spiro atoms. The van der Waals surface area contributed by atoms with Crippen LogP contribution in [0.3, 0.4) is 0 Å². The molecule has 0 heterocycles. The summed E-state index contributed by atoms with van der Waals surface area (Å²) in [6.45, 7) is 7.10. The van der Waals surface area contributed by atoms with Gasteiger partial charge in [0.25, 0.3) is 9.69 Å². The molecule has 0 aliphatic rings. The Morgan fingerprint density at radius 3 is 2.21 bits per heavy atom. The number of halogens is 3. The lowest BCUT2D eigenvalue weighted by Gasteiger charge is -2.20. The lowest BCUT2D eigenvalue weighted by Crippen LogP contribution is -2.27. The van der Waals surface area contributed by atoms with E-state index in [1.165, 1.54) is 6.92 Å². The number of carbonyl (C=O) groups is 2. The molecule has 0 unspecified atom stereocenters. The molecule has 5 nitrogen and oxygen atoms in total. The van der Waals surface area contributed by atoms with E-state index in [4.69, 9.17) is 39.5 Å². The first-order chi connectivity index (χ1) is 11.0. The monoisotopic (exact) mass is 393 g/mol. The van der Waals surface area contributed by atoms with Gasteiger partial charge < -0.3 is 9.47 Å². The second kappa shape index (κ2) is 8.19. The Hall–Kier alpha value is -1.30. The number of methoxy groups -OCH3 is 1. The average molecular weight is 395 g/mol. The number of alkyl halides is 3. The Kier molecular flexibility index (Phi) is 7.08. The van der Waals surface area contributed by atoms with Crippen molar-refractivity contribution >= 4 is 52.6 Å². The van der Waals surface area contributed by atoms with Crippen LogP contribution in [0.1, 0.15) is 48.2 Å². The van der Waals surface area contributed by atoms with Crippen LogP contribution in [0.2, 0.25) is 0 Å². The predicted octanol–water partition coefficient (Wildman–Crippen LogP) is 5.23. The molecule has 0 fully saturated rings. The third-order valence-corrected chi connectivity index (χ3v) is 3.66. The van der Waals surface area contributed by atoms with E-state index < -0.39 is 15.8 Å². The molecule has 1 rings (SSSR count). The van der Waals surface area contributed by atoms with Crippen molar-refractivity contribution < 1.29 is 19.1 Å². The van der Waals surface area contributed by atoms with E-state index in [9.17, 15) is 9.59 Å². The lowest BCUT2D eigenvalue weighted by molar-refractivity contribution is 0.101. The van der Waals surface area contributed by atoms with Gasteiger partial charge in [-0.1, -0.05) is 48.7 Å². The third kappa shape index (κ3) is 5.36. The van der Waals surface area contributed by atoms with Crippen molar-refractivity contribution in [3.63, 3.8) is 0 Å². The first-order valence-electron chi connectivity index (χ1n) is 7.04. The van der Waals surface area contributed by atoms with Crippen LogP contribution in [-0.4, -0.2) is 28.7 Å². The zero-order chi connectivity index (χ0) is 18.7. The summed E-state index contributed by atoms with van der Waals surface area (Å²) in [4.78, 5) is 26.6. The summed E-state index contributed by atoms with van der Waals surface area (Å²) in [6.07, 6.45) is -0.959. The summed E-state index contributed by atoms with van der Waals surface area (Å²) in [5, 5.41) is 0. The number of rotatable bonds is 3. The van der Waals surface area contributed by atoms with E-state index in [0.717, 1.165) is 12.7 Å². The van der Waals surface area contributed by atoms with Crippen LogP contribution in [0.15, 0.2) is 17.1 Å². The molecule has 0 bridgehead atoms. The van der Waals surface area contributed by atoms with Crippen molar-refractivity contribution in [1.82, 2.24) is 0 Å². The minimum atomic E-state index is -2.06. The number of ether oxygens (including phenoxy) is 2. The van der Waals surface area contributed by atoms with Gasteiger partial charge in [-0.05, 0) is 43.0 Å². The molecule has 132 valence electrons. The fourth-order valence-electron chi connectivity index (χ4n) is 1.99. The number of hydrogen-bond donors (Lipinski definition) is 0. The maximum Gasteiger partial charge on any atom is 0.436 e. The lowest BCUT2D eigenvalue weighted by atomic mass is 9.95. The number of nitrogens with zero attached hydrogens (tertiary/aromatic N) is 1. The normalized spacial score (nSPS) is 12.3. The van der Waals surface area contributed by atoms with Gasteiger partial charge in [0.15, 0.2) is 5.78 Å². The van der Waals surface area contributed by atoms with E-state index in [2.05, 4.69) is 9.73 Å². The van der Waals surface area contributed by atoms with Crippen molar-refractivity contribution in [3.8, 4) is 5.75 Å². The molecule has 1 aromatic carbocycles. The van der Waals surface area contributed by atoms with Crippen LogP contribution in [0.4, 0.5) is 4.79 Å². The third-order valence-electron chi connectivity index (χ3n) is 3.17. The minimum absolute atomic E-state index is 0.0217. The summed E-state index contributed by atoms with van der Waals surface area (Å²) in [5.74, 6) is -0.128. The summed E-state index contributed by atoms with van der Waals surface area (Å²) in [5.41, 5.74) is 1.99. The van der Waals surface area contributed by atoms with Crippen LogP contribution in [-0.2, 0) is 4.74 Å². The first-order valence-corrected chi connectivity index (χ1v) is 8.17. The smallest absolute Gasteiger partial charge is 0.436 e. The van der Waals surface area contributed by atoms with Gasteiger partial charge in [0.2, 0.25) is 0 Å². The molecular weight excluding hydrogens is 377 g/mol. The topological polar surface area (TPSA) is 65.0 Å². The minimum Gasteiger partial charge on any atom is -0.451 e. The Morgan fingerprint density at radius 1 is 1.21 bits per heavy atom. The van der Waals surface area contributed by atoms with E-state index in [1.54, 1.807) is 19.1 Å². The molecule has 0 radical (unpaired) electrons. The van der Waals surface area contributed by atoms with Crippen molar-refractivity contribution in [1.29, 1.82) is 0 Å². The van der Waals surface area contributed by atoms with Crippen molar-refractivity contribution in [3.05, 3.63) is 28.8 Å². The SMILES string of the molecule is COC(=O)/N=C(\Oc1cc(C)c(C(C)=O)cc1C(C)C)C(Cl)(Cl)Cl. The van der Waals surface area contributed by atoms with Gasteiger partial charge in [-0.25, -0.2) is 4.79 Å². The molecule has 24 heavy (non-hydrogen) atoms. The van der Waals surface area contributed by atoms with Crippen molar-refractivity contribution in [2.75, 3.05) is 7.11 Å². The van der Waals surface area contributed by atoms with Gasteiger partial charge in [0.05, 0.1) is 7.11 Å². The zero-order valence-electron chi connectivity index (χ0n) is 13.9. The molecular formula is C16H18Cl3NO4. The molecule has 1 aromatic rings. The summed E-state index contributed by atoms with van der Waals surface area (Å²) >= 11 is 17.5. The number of benzene rings is 1. The zero-order valence-corrected chi connectivity index (χ0v) is 16.2. The van der Waals surface area contributed by atoms with Crippen LogP contribution in [0.5, 0.6) is 5.75 Å². The first kappa shape index (κ1) is 20.7. The highest BCUT2D eigenvalue weighted by molar-refractivity contribution is 6.76. The van der Waals surface area contributed by atoms with Gasteiger partial charge >= 0.3 is 6.09 Å². The number of Topliss-reactive ketones (excluding diaryl/α,β-unsaturated/α-hetero) is 1. The van der Waals surface area contributed by atoms with E-state index >= 15 is 0 Å². The second-order valence-electron chi connectivity index (χ2n) is 5.40. The fourth-order valence-corrected chi connectivity index (χ4v) is 2.24. The van der Waals surface area contributed by atoms with Crippen LogP contribution < -0.4 is 4.74 Å². The predicted molar refractivity (Wildman–Crippen MR) is 96.0 cm³/mol. The number of aliphatic imine (C=N–C) groups is 1. The Bertz CT molecular complexity index is 679. The molecule has 0 saturated heterocycles. The van der Waals surface area contributed by atoms with Crippen LogP contribution in [0.25, 0.3) is 0 Å². The molecule has 0 aliphatic carbocycles.